The number of nitrogens with zero attached hydrogens (tertiary/aromatic N) is 1. The predicted molar refractivity (Wildman–Crippen MR) is 55.9 cm³/mol. The molecule has 0 atom stereocenters. The molecule has 13 heavy (non-hydrogen) atoms. The first-order valence-electron chi connectivity index (χ1n) is 3.99. The van der Waals surface area contributed by atoms with Crippen LogP contribution in [-0.2, 0) is 0 Å². The van der Waals surface area contributed by atoms with Gasteiger partial charge < -0.3 is 5.73 Å². The number of rotatable bonds is 0. The van der Waals surface area contributed by atoms with Crippen LogP contribution in [0.2, 0.25) is 5.02 Å². The van der Waals surface area contributed by atoms with E-state index in [0.29, 0.717) is 10.7 Å². The summed E-state index contributed by atoms with van der Waals surface area (Å²) >= 11 is 6.08. The van der Waals surface area contributed by atoms with Gasteiger partial charge in [-0.25, -0.2) is 0 Å². The molecule has 2 nitrogen and oxygen atoms in total. The SMILES string of the molecule is Cc1ccc2cc(N)cnc2c1Cl. The van der Waals surface area contributed by atoms with Gasteiger partial charge in [-0.05, 0) is 18.6 Å². The molecule has 2 aromatic rings. The Morgan fingerprint density at radius 3 is 2.92 bits per heavy atom. The minimum Gasteiger partial charge on any atom is -0.397 e. The van der Waals surface area contributed by atoms with Crippen LogP contribution in [0.3, 0.4) is 0 Å². The molecule has 0 saturated carbocycles. The van der Waals surface area contributed by atoms with E-state index in [-0.39, 0.29) is 0 Å². The highest BCUT2D eigenvalue weighted by Gasteiger charge is 2.02. The molecule has 66 valence electrons. The Balaban J connectivity index is 2.87. The minimum atomic E-state index is 0.660. The zero-order valence-electron chi connectivity index (χ0n) is 7.21. The van der Waals surface area contributed by atoms with Crippen molar-refractivity contribution < 1.29 is 0 Å². The van der Waals surface area contributed by atoms with E-state index in [1.54, 1.807) is 6.20 Å². The van der Waals surface area contributed by atoms with Crippen LogP contribution in [0.25, 0.3) is 10.9 Å². The monoisotopic (exact) mass is 192 g/mol. The molecule has 0 radical (unpaired) electrons. The molecule has 0 saturated heterocycles. The van der Waals surface area contributed by atoms with Crippen molar-refractivity contribution in [2.45, 2.75) is 6.92 Å². The third-order valence-corrected chi connectivity index (χ3v) is 2.48. The molecule has 0 aliphatic heterocycles. The number of hydrogen-bond donors (Lipinski definition) is 1. The number of aryl methyl sites for hydroxylation is 1. The van der Waals surface area contributed by atoms with Gasteiger partial charge in [0.25, 0.3) is 0 Å². The van der Waals surface area contributed by atoms with Gasteiger partial charge in [0, 0.05) is 5.39 Å². The number of hydrogen-bond acceptors (Lipinski definition) is 2. The van der Waals surface area contributed by atoms with Gasteiger partial charge in [0.2, 0.25) is 0 Å². The van der Waals surface area contributed by atoms with Crippen LogP contribution < -0.4 is 5.73 Å². The van der Waals surface area contributed by atoms with E-state index in [0.717, 1.165) is 16.5 Å². The van der Waals surface area contributed by atoms with Gasteiger partial charge in [-0.3, -0.25) is 4.98 Å². The van der Waals surface area contributed by atoms with Crippen LogP contribution in [0.5, 0.6) is 0 Å². The lowest BCUT2D eigenvalue weighted by Gasteiger charge is -2.02. The molecule has 0 fully saturated rings. The fourth-order valence-corrected chi connectivity index (χ4v) is 1.50. The number of pyridine rings is 1. The summed E-state index contributed by atoms with van der Waals surface area (Å²) in [4.78, 5) is 4.18. The highest BCUT2D eigenvalue weighted by atomic mass is 35.5. The molecule has 0 aliphatic rings. The Hall–Kier alpha value is -1.28. The topological polar surface area (TPSA) is 38.9 Å². The number of aromatic nitrogens is 1. The smallest absolute Gasteiger partial charge is 0.0892 e. The second-order valence-corrected chi connectivity index (χ2v) is 3.41. The fourth-order valence-electron chi connectivity index (χ4n) is 1.28. The van der Waals surface area contributed by atoms with Gasteiger partial charge in [-0.2, -0.15) is 0 Å². The van der Waals surface area contributed by atoms with Crippen LogP contribution in [0.15, 0.2) is 24.4 Å². The van der Waals surface area contributed by atoms with Crippen LogP contribution in [0, 0.1) is 6.92 Å². The summed E-state index contributed by atoms with van der Waals surface area (Å²) in [5.41, 5.74) is 8.12. The van der Waals surface area contributed by atoms with Crippen molar-refractivity contribution in [3.8, 4) is 0 Å². The van der Waals surface area contributed by atoms with E-state index in [1.807, 2.05) is 25.1 Å². The molecule has 0 amide bonds. The van der Waals surface area contributed by atoms with E-state index in [1.165, 1.54) is 0 Å². The summed E-state index contributed by atoms with van der Waals surface area (Å²) in [5, 5.41) is 1.69. The number of benzene rings is 1. The molecule has 2 N–H and O–H groups in total. The first-order chi connectivity index (χ1) is 6.18. The first kappa shape index (κ1) is 8.32. The Kier molecular flexibility index (Phi) is 1.85. The number of anilines is 1. The van der Waals surface area contributed by atoms with E-state index in [2.05, 4.69) is 4.98 Å². The maximum absolute atomic E-state index is 6.08. The van der Waals surface area contributed by atoms with Crippen molar-refractivity contribution in [1.82, 2.24) is 4.98 Å². The average Bonchev–Trinajstić information content (AvgIpc) is 2.12. The summed E-state index contributed by atoms with van der Waals surface area (Å²) in [7, 11) is 0. The van der Waals surface area contributed by atoms with E-state index < -0.39 is 0 Å². The predicted octanol–water partition coefficient (Wildman–Crippen LogP) is 2.78. The van der Waals surface area contributed by atoms with Gasteiger partial charge in [-0.15, -0.1) is 0 Å². The zero-order valence-corrected chi connectivity index (χ0v) is 7.97. The summed E-state index contributed by atoms with van der Waals surface area (Å²) in [5.74, 6) is 0. The van der Waals surface area contributed by atoms with Crippen molar-refractivity contribution in [3.63, 3.8) is 0 Å². The summed E-state index contributed by atoms with van der Waals surface area (Å²) < 4.78 is 0. The van der Waals surface area contributed by atoms with Crippen LogP contribution in [0.4, 0.5) is 5.69 Å². The molecule has 0 bridgehead atoms. The standard InChI is InChI=1S/C10H9ClN2/c1-6-2-3-7-4-8(12)5-13-10(7)9(6)11/h2-5H,12H2,1H3. The third-order valence-electron chi connectivity index (χ3n) is 2.01. The van der Waals surface area contributed by atoms with E-state index >= 15 is 0 Å². The molecule has 0 aliphatic carbocycles. The molecule has 1 aromatic heterocycles. The number of nitrogen functional groups attached to an aromatic ring is 1. The Morgan fingerprint density at radius 2 is 2.15 bits per heavy atom. The summed E-state index contributed by atoms with van der Waals surface area (Å²) in [6, 6.07) is 5.80. The average molecular weight is 193 g/mol. The highest BCUT2D eigenvalue weighted by molar-refractivity contribution is 6.35. The highest BCUT2D eigenvalue weighted by Crippen LogP contribution is 2.25. The largest absolute Gasteiger partial charge is 0.397 e. The van der Waals surface area contributed by atoms with Crippen LogP contribution in [0.1, 0.15) is 5.56 Å². The van der Waals surface area contributed by atoms with Gasteiger partial charge in [0.05, 0.1) is 22.4 Å². The number of nitrogens with two attached hydrogens (primary N) is 1. The summed E-state index contributed by atoms with van der Waals surface area (Å²) in [6.07, 6.45) is 1.62. The number of halogens is 1. The zero-order chi connectivity index (χ0) is 9.42. The lowest BCUT2D eigenvalue weighted by Crippen LogP contribution is -1.88. The molecule has 1 heterocycles. The van der Waals surface area contributed by atoms with Gasteiger partial charge in [-0.1, -0.05) is 23.7 Å². The Labute approximate surface area is 81.3 Å². The van der Waals surface area contributed by atoms with Crippen molar-refractivity contribution in [3.05, 3.63) is 35.0 Å². The molecule has 2 rings (SSSR count). The quantitative estimate of drug-likeness (QED) is 0.697. The molecular weight excluding hydrogens is 184 g/mol. The summed E-state index contributed by atoms with van der Waals surface area (Å²) in [6.45, 7) is 1.96. The molecule has 1 aromatic carbocycles. The fraction of sp³-hybridized carbons (Fsp3) is 0.100. The lowest BCUT2D eigenvalue weighted by atomic mass is 10.1. The van der Waals surface area contributed by atoms with Crippen molar-refractivity contribution in [1.29, 1.82) is 0 Å². The van der Waals surface area contributed by atoms with Crippen molar-refractivity contribution >= 4 is 28.2 Å². The second kappa shape index (κ2) is 2.89. The maximum atomic E-state index is 6.08. The van der Waals surface area contributed by atoms with Gasteiger partial charge in [0.1, 0.15) is 0 Å². The van der Waals surface area contributed by atoms with Gasteiger partial charge in [0.15, 0.2) is 0 Å². The first-order valence-corrected chi connectivity index (χ1v) is 4.36. The lowest BCUT2D eigenvalue weighted by molar-refractivity contribution is 1.39. The molecule has 3 heteroatoms. The Morgan fingerprint density at radius 1 is 1.38 bits per heavy atom. The molecule has 0 spiro atoms. The second-order valence-electron chi connectivity index (χ2n) is 3.04. The Bertz CT molecular complexity index is 466. The van der Waals surface area contributed by atoms with Crippen LogP contribution in [-0.4, -0.2) is 4.98 Å². The van der Waals surface area contributed by atoms with Crippen molar-refractivity contribution in [2.24, 2.45) is 0 Å². The normalized spacial score (nSPS) is 10.6. The number of fused-ring (bicyclic) bond motifs is 1. The van der Waals surface area contributed by atoms with E-state index in [9.17, 15) is 0 Å². The van der Waals surface area contributed by atoms with E-state index in [4.69, 9.17) is 17.3 Å². The third kappa shape index (κ3) is 1.33. The maximum Gasteiger partial charge on any atom is 0.0892 e. The van der Waals surface area contributed by atoms with Crippen molar-refractivity contribution in [2.75, 3.05) is 5.73 Å². The molecule has 0 unspecified atom stereocenters. The molecular formula is C10H9ClN2. The van der Waals surface area contributed by atoms with Gasteiger partial charge >= 0.3 is 0 Å². The minimum absolute atomic E-state index is 0.660. The van der Waals surface area contributed by atoms with Crippen LogP contribution >= 0.6 is 11.6 Å².